The number of ether oxygens (including phenoxy) is 2. The van der Waals surface area contributed by atoms with Crippen LogP contribution in [0.4, 0.5) is 20.6 Å². The molecule has 3 heterocycles. The average molecular weight is 486 g/mol. The van der Waals surface area contributed by atoms with Crippen molar-refractivity contribution in [1.82, 2.24) is 10.2 Å². The Bertz CT molecular complexity index is 1070. The molecule has 0 spiro atoms. The van der Waals surface area contributed by atoms with Gasteiger partial charge >= 0.3 is 6.09 Å². The summed E-state index contributed by atoms with van der Waals surface area (Å²) >= 11 is 0. The van der Waals surface area contributed by atoms with E-state index in [1.165, 1.54) is 17.9 Å². The van der Waals surface area contributed by atoms with Gasteiger partial charge < -0.3 is 24.6 Å². The van der Waals surface area contributed by atoms with Crippen LogP contribution in [0.3, 0.4) is 0 Å². The predicted octanol–water partition coefficient (Wildman–Crippen LogP) is 1.57. The first-order valence-electron chi connectivity index (χ1n) is 11.6. The number of carbonyl (C=O) groups is 3. The van der Waals surface area contributed by atoms with Crippen LogP contribution in [0.5, 0.6) is 0 Å². The molecular formula is C24H28FN5O5. The Hall–Kier alpha value is -3.65. The van der Waals surface area contributed by atoms with Gasteiger partial charge in [0.1, 0.15) is 23.6 Å². The second-order valence-electron chi connectivity index (χ2n) is 8.67. The Labute approximate surface area is 202 Å². The number of nitriles is 1. The molecule has 3 saturated heterocycles. The maximum absolute atomic E-state index is 15.0. The van der Waals surface area contributed by atoms with Crippen molar-refractivity contribution in [2.24, 2.45) is 0 Å². The van der Waals surface area contributed by atoms with Crippen molar-refractivity contribution in [2.75, 3.05) is 62.3 Å². The smallest absolute Gasteiger partial charge is 0.414 e. The highest BCUT2D eigenvalue weighted by molar-refractivity contribution is 5.98. The maximum atomic E-state index is 15.0. The number of hydrogen-bond donors (Lipinski definition) is 1. The van der Waals surface area contributed by atoms with Crippen LogP contribution in [0.15, 0.2) is 29.3 Å². The van der Waals surface area contributed by atoms with E-state index in [9.17, 15) is 19.6 Å². The third kappa shape index (κ3) is 5.54. The van der Waals surface area contributed by atoms with E-state index in [0.717, 1.165) is 5.57 Å². The summed E-state index contributed by atoms with van der Waals surface area (Å²) in [6.45, 7) is 4.60. The van der Waals surface area contributed by atoms with Crippen LogP contribution in [0, 0.1) is 17.1 Å². The first-order valence-corrected chi connectivity index (χ1v) is 11.6. The number of hydrogen-bond acceptors (Lipinski definition) is 7. The lowest BCUT2D eigenvalue weighted by Gasteiger charge is -2.32. The van der Waals surface area contributed by atoms with E-state index in [1.54, 1.807) is 17.0 Å². The van der Waals surface area contributed by atoms with Gasteiger partial charge in [-0.3, -0.25) is 14.5 Å². The maximum Gasteiger partial charge on any atom is 0.414 e. The minimum atomic E-state index is -0.589. The molecule has 35 heavy (non-hydrogen) atoms. The Morgan fingerprint density at radius 1 is 1.20 bits per heavy atom. The summed E-state index contributed by atoms with van der Waals surface area (Å²) in [4.78, 5) is 40.9. The number of nitrogens with zero attached hydrogens (tertiary/aromatic N) is 4. The van der Waals surface area contributed by atoms with E-state index in [-0.39, 0.29) is 30.5 Å². The highest BCUT2D eigenvalue weighted by Gasteiger charge is 2.33. The Morgan fingerprint density at radius 3 is 2.54 bits per heavy atom. The Morgan fingerprint density at radius 2 is 1.91 bits per heavy atom. The fourth-order valence-electron chi connectivity index (χ4n) is 4.49. The zero-order valence-corrected chi connectivity index (χ0v) is 19.6. The molecule has 3 amide bonds. The summed E-state index contributed by atoms with van der Waals surface area (Å²) in [6.07, 6.45) is -0.113. The molecular weight excluding hydrogens is 457 g/mol. The molecule has 0 aliphatic carbocycles. The fraction of sp³-hybridized carbons (Fsp3) is 0.500. The molecule has 0 unspecified atom stereocenters. The molecule has 11 heteroatoms. The number of carbonyl (C=O) groups excluding carboxylic acids is 3. The number of morpholine rings is 1. The van der Waals surface area contributed by atoms with E-state index < -0.39 is 18.0 Å². The molecule has 3 fully saturated rings. The molecule has 0 bridgehead atoms. The van der Waals surface area contributed by atoms with Crippen molar-refractivity contribution < 1.29 is 28.2 Å². The summed E-state index contributed by atoms with van der Waals surface area (Å²) in [6, 6.07) is 6.66. The molecule has 3 aliphatic rings. The summed E-state index contributed by atoms with van der Waals surface area (Å²) in [5.74, 6) is -0.955. The minimum absolute atomic E-state index is 0.184. The normalized spacial score (nSPS) is 20.4. The number of nitrogens with one attached hydrogen (secondary N) is 1. The summed E-state index contributed by atoms with van der Waals surface area (Å²) < 4.78 is 25.6. The lowest BCUT2D eigenvalue weighted by atomic mass is 9.97. The number of anilines is 2. The lowest BCUT2D eigenvalue weighted by molar-refractivity contribution is -0.130. The summed E-state index contributed by atoms with van der Waals surface area (Å²) in [7, 11) is 0. The van der Waals surface area contributed by atoms with E-state index in [0.29, 0.717) is 63.6 Å². The topological polar surface area (TPSA) is 115 Å². The number of piperidine rings is 1. The van der Waals surface area contributed by atoms with Crippen LogP contribution in [-0.2, 0) is 19.1 Å². The van der Waals surface area contributed by atoms with Crippen LogP contribution >= 0.6 is 0 Å². The van der Waals surface area contributed by atoms with Gasteiger partial charge in [-0.05, 0) is 36.6 Å². The summed E-state index contributed by atoms with van der Waals surface area (Å²) in [5, 5.41) is 12.2. The average Bonchev–Trinajstić information content (AvgIpc) is 3.24. The minimum Gasteiger partial charge on any atom is -0.442 e. The van der Waals surface area contributed by atoms with Gasteiger partial charge in [-0.2, -0.15) is 5.26 Å². The van der Waals surface area contributed by atoms with Gasteiger partial charge in [0.2, 0.25) is 5.91 Å². The Balaban J connectivity index is 1.40. The van der Waals surface area contributed by atoms with Gasteiger partial charge in [0.15, 0.2) is 0 Å². The van der Waals surface area contributed by atoms with Gasteiger partial charge in [-0.25, -0.2) is 9.18 Å². The molecule has 0 saturated carbocycles. The zero-order valence-electron chi connectivity index (χ0n) is 19.6. The van der Waals surface area contributed by atoms with Crippen LogP contribution < -0.4 is 15.1 Å². The fourth-order valence-corrected chi connectivity index (χ4v) is 4.49. The highest BCUT2D eigenvalue weighted by atomic mass is 19.1. The standard InChI is InChI=1S/C24H28FN5O5/c1-16(31)27-14-19-15-30(24(33)35-19)18-2-3-22(21(25)12-18)28-6-4-17(5-7-28)20(13-26)23(32)29-8-10-34-11-9-29/h2-3,12,19H,4-11,14-15H2,1H3,(H,27,31)/t19-/m0/s1. The van der Waals surface area contributed by atoms with Crippen molar-refractivity contribution in [3.05, 3.63) is 35.2 Å². The van der Waals surface area contributed by atoms with Crippen LogP contribution in [0.2, 0.25) is 0 Å². The van der Waals surface area contributed by atoms with Crippen molar-refractivity contribution in [3.8, 4) is 6.07 Å². The molecule has 1 atom stereocenters. The largest absolute Gasteiger partial charge is 0.442 e. The molecule has 3 aliphatic heterocycles. The number of amides is 3. The van der Waals surface area contributed by atoms with Crippen molar-refractivity contribution in [1.29, 1.82) is 5.26 Å². The molecule has 1 aromatic rings. The van der Waals surface area contributed by atoms with E-state index in [2.05, 4.69) is 11.4 Å². The van der Waals surface area contributed by atoms with E-state index in [1.807, 2.05) is 4.90 Å². The quantitative estimate of drug-likeness (QED) is 0.497. The van der Waals surface area contributed by atoms with E-state index >= 15 is 4.39 Å². The van der Waals surface area contributed by atoms with Crippen LogP contribution in [-0.4, -0.2) is 81.4 Å². The van der Waals surface area contributed by atoms with Gasteiger partial charge in [0.25, 0.3) is 5.91 Å². The second-order valence-corrected chi connectivity index (χ2v) is 8.67. The number of halogens is 1. The number of cyclic esters (lactones) is 1. The molecule has 10 nitrogen and oxygen atoms in total. The van der Waals surface area contributed by atoms with Gasteiger partial charge in [0.05, 0.1) is 37.7 Å². The van der Waals surface area contributed by atoms with Crippen LogP contribution in [0.25, 0.3) is 0 Å². The molecule has 0 aromatic heterocycles. The van der Waals surface area contributed by atoms with Crippen molar-refractivity contribution >= 4 is 29.3 Å². The van der Waals surface area contributed by atoms with Crippen molar-refractivity contribution in [2.45, 2.75) is 25.9 Å². The lowest BCUT2D eigenvalue weighted by Crippen LogP contribution is -2.42. The first-order chi connectivity index (χ1) is 16.9. The third-order valence-electron chi connectivity index (χ3n) is 6.38. The molecule has 186 valence electrons. The molecule has 1 N–H and O–H groups in total. The summed E-state index contributed by atoms with van der Waals surface area (Å²) in [5.41, 5.74) is 1.75. The Kier molecular flexibility index (Phi) is 7.51. The predicted molar refractivity (Wildman–Crippen MR) is 124 cm³/mol. The molecule has 1 aromatic carbocycles. The number of benzene rings is 1. The van der Waals surface area contributed by atoms with Crippen LogP contribution in [0.1, 0.15) is 19.8 Å². The van der Waals surface area contributed by atoms with Crippen molar-refractivity contribution in [3.63, 3.8) is 0 Å². The number of rotatable bonds is 5. The monoisotopic (exact) mass is 485 g/mol. The third-order valence-corrected chi connectivity index (χ3v) is 6.38. The molecule has 0 radical (unpaired) electrons. The zero-order chi connectivity index (χ0) is 24.9. The van der Waals surface area contributed by atoms with Gasteiger partial charge in [-0.15, -0.1) is 0 Å². The van der Waals surface area contributed by atoms with Gasteiger partial charge in [-0.1, -0.05) is 0 Å². The highest BCUT2D eigenvalue weighted by Crippen LogP contribution is 2.31. The first kappa shape index (κ1) is 24.5. The molecule has 4 rings (SSSR count). The van der Waals surface area contributed by atoms with E-state index in [4.69, 9.17) is 9.47 Å². The second kappa shape index (κ2) is 10.7. The van der Waals surface area contributed by atoms with Gasteiger partial charge in [0, 0.05) is 33.1 Å². The SMILES string of the molecule is CC(=O)NC[C@H]1CN(c2ccc(N3CCC(=C(C#N)C(=O)N4CCOCC4)CC3)c(F)c2)C(=O)O1.